The Morgan fingerprint density at radius 2 is 1.56 bits per heavy atom. The summed E-state index contributed by atoms with van der Waals surface area (Å²) < 4.78 is 23.7. The summed E-state index contributed by atoms with van der Waals surface area (Å²) in [6, 6.07) is 7.88. The third-order valence-corrected chi connectivity index (χ3v) is 1.76. The van der Waals surface area contributed by atoms with Gasteiger partial charge in [0.1, 0.15) is 0 Å². The van der Waals surface area contributed by atoms with Crippen LogP contribution in [-0.4, -0.2) is 9.46 Å². The Labute approximate surface area is 54.1 Å². The molecule has 9 heavy (non-hydrogen) atoms. The molecular weight excluding hydrogens is 138 g/mol. The van der Waals surface area contributed by atoms with E-state index in [0.29, 0.717) is 0 Å². The fraction of sp³-hybridized carbons (Fsp3) is 0. The largest absolute Gasteiger partial charge is 0.448 e. The molecule has 0 aromatic heterocycles. The molecule has 0 amide bonds. The van der Waals surface area contributed by atoms with Crippen molar-refractivity contribution in [3.63, 3.8) is 0 Å². The van der Waals surface area contributed by atoms with Crippen LogP contribution in [0.3, 0.4) is 0 Å². The minimum absolute atomic E-state index is 0.183. The van der Waals surface area contributed by atoms with Gasteiger partial charge in [-0.2, -0.15) is 0 Å². The van der Waals surface area contributed by atoms with Crippen LogP contribution in [0.5, 0.6) is 0 Å². The van der Waals surface area contributed by atoms with Gasteiger partial charge in [0.15, 0.2) is 0 Å². The van der Waals surface area contributed by atoms with Crippen molar-refractivity contribution >= 4 is 14.7 Å². The summed E-state index contributed by atoms with van der Waals surface area (Å²) in [6.07, 6.45) is 0. The highest BCUT2D eigenvalue weighted by molar-refractivity contribution is 6.59. The second kappa shape index (κ2) is 2.73. The van der Waals surface area contributed by atoms with Crippen LogP contribution in [0.2, 0.25) is 0 Å². The van der Waals surface area contributed by atoms with E-state index in [0.717, 1.165) is 0 Å². The lowest BCUT2D eigenvalue weighted by Gasteiger charge is -2.08. The Morgan fingerprint density at radius 3 is 1.89 bits per heavy atom. The molecule has 0 radical (unpaired) electrons. The van der Waals surface area contributed by atoms with Crippen molar-refractivity contribution < 1.29 is 8.22 Å². The monoisotopic (exact) mass is 143 g/mol. The van der Waals surface area contributed by atoms with Gasteiger partial charge in [-0.25, -0.2) is 0 Å². The summed E-state index contributed by atoms with van der Waals surface area (Å²) in [6.45, 7) is 0. The first kappa shape index (κ1) is 6.42. The molecule has 0 saturated heterocycles. The van der Waals surface area contributed by atoms with Gasteiger partial charge in [-0.05, 0) is 0 Å². The average molecular weight is 143 g/mol. The highest BCUT2D eigenvalue weighted by Crippen LogP contribution is 1.89. The van der Waals surface area contributed by atoms with Gasteiger partial charge in [0.25, 0.3) is 0 Å². The Bertz CT molecular complexity index is 174. The van der Waals surface area contributed by atoms with E-state index in [9.17, 15) is 8.22 Å². The topological polar surface area (TPSA) is 0 Å². The van der Waals surface area contributed by atoms with E-state index in [1.54, 1.807) is 18.2 Å². The molecule has 0 spiro atoms. The van der Waals surface area contributed by atoms with Gasteiger partial charge in [0.05, 0.1) is 9.46 Å². The number of hydrogen-bond acceptors (Lipinski definition) is 0. The van der Waals surface area contributed by atoms with Gasteiger partial charge >= 0.3 is 0 Å². The molecule has 0 atom stereocenters. The Hall–Kier alpha value is -0.703. The standard InChI is InChI=1S/C6H5F2Si/c7-9(8)6-4-2-1-3-5-6/h1-5H/q-1. The molecule has 0 fully saturated rings. The number of rotatable bonds is 1. The molecule has 0 bridgehead atoms. The summed E-state index contributed by atoms with van der Waals surface area (Å²) in [7, 11) is -3.21. The highest BCUT2D eigenvalue weighted by atomic mass is 28.4. The van der Waals surface area contributed by atoms with Crippen LogP contribution in [0.15, 0.2) is 30.3 Å². The first-order valence-electron chi connectivity index (χ1n) is 2.54. The van der Waals surface area contributed by atoms with E-state index in [1.807, 2.05) is 0 Å². The zero-order valence-corrected chi connectivity index (χ0v) is 5.64. The molecular formula is C6H5F2Si-. The quantitative estimate of drug-likeness (QED) is 0.411. The average Bonchev–Trinajstić information content (AvgIpc) is 1.90. The van der Waals surface area contributed by atoms with Crippen LogP contribution in [0.4, 0.5) is 8.22 Å². The molecule has 0 unspecified atom stereocenters. The van der Waals surface area contributed by atoms with Gasteiger partial charge in [-0.3, -0.25) is 0 Å². The second-order valence-corrected chi connectivity index (χ2v) is 2.72. The molecule has 1 rings (SSSR count). The maximum absolute atomic E-state index is 11.9. The molecule has 0 aliphatic rings. The van der Waals surface area contributed by atoms with Gasteiger partial charge in [0, 0.05) is 0 Å². The third kappa shape index (κ3) is 1.60. The predicted octanol–water partition coefficient (Wildman–Crippen LogP) is 1.32. The van der Waals surface area contributed by atoms with Crippen molar-refractivity contribution in [3.05, 3.63) is 30.3 Å². The van der Waals surface area contributed by atoms with Crippen molar-refractivity contribution in [1.29, 1.82) is 0 Å². The molecule has 3 heteroatoms. The van der Waals surface area contributed by atoms with Gasteiger partial charge in [0.2, 0.25) is 0 Å². The lowest BCUT2D eigenvalue weighted by atomic mass is 10.4. The third-order valence-electron chi connectivity index (χ3n) is 0.992. The van der Waals surface area contributed by atoms with Gasteiger partial charge < -0.3 is 8.22 Å². The normalized spacial score (nSPS) is 9.11. The zero-order valence-electron chi connectivity index (χ0n) is 4.64. The number of benzene rings is 1. The van der Waals surface area contributed by atoms with Crippen LogP contribution in [0.25, 0.3) is 0 Å². The molecule has 0 heterocycles. The summed E-state index contributed by atoms with van der Waals surface area (Å²) in [5, 5.41) is 0.183. The van der Waals surface area contributed by atoms with E-state index in [-0.39, 0.29) is 5.19 Å². The maximum Gasteiger partial charge on any atom is 0.0940 e. The highest BCUT2D eigenvalue weighted by Gasteiger charge is 1.88. The fourth-order valence-corrected chi connectivity index (χ4v) is 1.01. The summed E-state index contributed by atoms with van der Waals surface area (Å²) in [4.78, 5) is 0. The van der Waals surface area contributed by atoms with Crippen LogP contribution < -0.4 is 5.19 Å². The molecule has 1 aromatic rings. The molecule has 0 N–H and O–H groups in total. The molecule has 0 nitrogen and oxygen atoms in total. The predicted molar refractivity (Wildman–Crippen MR) is 34.0 cm³/mol. The second-order valence-electron chi connectivity index (χ2n) is 1.63. The van der Waals surface area contributed by atoms with Crippen LogP contribution >= 0.6 is 0 Å². The SMILES string of the molecule is F[Si-](F)c1ccccc1. The lowest BCUT2D eigenvalue weighted by molar-refractivity contribution is 0.685. The summed E-state index contributed by atoms with van der Waals surface area (Å²) >= 11 is 0. The van der Waals surface area contributed by atoms with E-state index in [1.165, 1.54) is 12.1 Å². The summed E-state index contributed by atoms with van der Waals surface area (Å²) in [5.74, 6) is 0. The summed E-state index contributed by atoms with van der Waals surface area (Å²) in [5.41, 5.74) is 0. The molecule has 0 aliphatic carbocycles. The Morgan fingerprint density at radius 1 is 1.00 bits per heavy atom. The smallest absolute Gasteiger partial charge is 0.0940 e. The Balaban J connectivity index is 2.85. The van der Waals surface area contributed by atoms with E-state index in [2.05, 4.69) is 0 Å². The first-order valence-corrected chi connectivity index (χ1v) is 3.79. The van der Waals surface area contributed by atoms with Crippen molar-refractivity contribution in [1.82, 2.24) is 0 Å². The number of halogens is 2. The van der Waals surface area contributed by atoms with E-state index in [4.69, 9.17) is 0 Å². The van der Waals surface area contributed by atoms with Crippen LogP contribution in [-0.2, 0) is 0 Å². The zero-order chi connectivity index (χ0) is 6.69. The lowest BCUT2D eigenvalue weighted by Crippen LogP contribution is -2.18. The molecule has 1 aromatic carbocycles. The van der Waals surface area contributed by atoms with Gasteiger partial charge in [-0.1, -0.05) is 30.3 Å². The minimum Gasteiger partial charge on any atom is -0.448 e. The van der Waals surface area contributed by atoms with Gasteiger partial charge in [-0.15, -0.1) is 5.19 Å². The van der Waals surface area contributed by atoms with E-state index >= 15 is 0 Å². The van der Waals surface area contributed by atoms with Crippen molar-refractivity contribution in [3.8, 4) is 0 Å². The van der Waals surface area contributed by atoms with Crippen molar-refractivity contribution in [2.75, 3.05) is 0 Å². The molecule has 0 aliphatic heterocycles. The van der Waals surface area contributed by atoms with Crippen LogP contribution in [0, 0.1) is 0 Å². The molecule has 48 valence electrons. The van der Waals surface area contributed by atoms with Crippen LogP contribution in [0.1, 0.15) is 0 Å². The maximum atomic E-state index is 11.9. The Kier molecular flexibility index (Phi) is 1.95. The van der Waals surface area contributed by atoms with Crippen molar-refractivity contribution in [2.45, 2.75) is 0 Å². The minimum atomic E-state index is -3.21. The molecule has 0 saturated carbocycles. The number of hydrogen-bond donors (Lipinski definition) is 0. The fourth-order valence-electron chi connectivity index (χ4n) is 0.564. The van der Waals surface area contributed by atoms with E-state index < -0.39 is 9.46 Å². The first-order chi connectivity index (χ1) is 4.30. The van der Waals surface area contributed by atoms with Crippen molar-refractivity contribution in [2.24, 2.45) is 0 Å².